The number of carbonyl (C=O) groups is 1. The summed E-state index contributed by atoms with van der Waals surface area (Å²) in [5.41, 5.74) is 1.26. The van der Waals surface area contributed by atoms with E-state index in [2.05, 4.69) is 10.5 Å². The Morgan fingerprint density at radius 1 is 1.50 bits per heavy atom. The second kappa shape index (κ2) is 5.15. The summed E-state index contributed by atoms with van der Waals surface area (Å²) in [5.74, 6) is -2.07. The van der Waals surface area contributed by atoms with Crippen LogP contribution in [0.2, 0.25) is 0 Å². The minimum atomic E-state index is -5.08. The van der Waals surface area contributed by atoms with Gasteiger partial charge in [0.2, 0.25) is 0 Å². The molecule has 0 aromatic rings. The normalized spacial score (nSPS) is 20.1. The molecule has 5 nitrogen and oxygen atoms in total. The molecule has 0 atom stereocenters. The number of carboxylic acid groups (broad SMARTS) is 1. The van der Waals surface area contributed by atoms with Gasteiger partial charge in [0.05, 0.1) is 5.71 Å². The molecule has 0 unspecified atom stereocenters. The maximum Gasteiger partial charge on any atom is 0.490 e. The Hall–Kier alpha value is -1.31. The van der Waals surface area contributed by atoms with E-state index in [-0.39, 0.29) is 0 Å². The van der Waals surface area contributed by atoms with Crippen molar-refractivity contribution in [2.24, 2.45) is 11.1 Å². The quantitative estimate of drug-likeness (QED) is 0.704. The third-order valence-corrected chi connectivity index (χ3v) is 2.13. The van der Waals surface area contributed by atoms with Gasteiger partial charge in [0.15, 0.2) is 0 Å². The highest BCUT2D eigenvalue weighted by molar-refractivity contribution is 5.88. The topological polar surface area (TPSA) is 70.9 Å². The molecule has 1 fully saturated rings. The zero-order valence-electron chi connectivity index (χ0n) is 8.25. The Morgan fingerprint density at radius 2 is 2.06 bits per heavy atom. The van der Waals surface area contributed by atoms with Crippen LogP contribution < -0.4 is 5.32 Å². The highest BCUT2D eigenvalue weighted by atomic mass is 19.4. The van der Waals surface area contributed by atoms with Gasteiger partial charge in [0.1, 0.15) is 6.61 Å². The lowest BCUT2D eigenvalue weighted by atomic mass is 9.96. The summed E-state index contributed by atoms with van der Waals surface area (Å²) < 4.78 is 31.7. The van der Waals surface area contributed by atoms with E-state index < -0.39 is 12.1 Å². The number of rotatable bonds is 1. The summed E-state index contributed by atoms with van der Waals surface area (Å²) in [6, 6.07) is 0. The third kappa shape index (κ3) is 3.69. The number of oxime groups is 1. The monoisotopic (exact) mass is 240 g/mol. The summed E-state index contributed by atoms with van der Waals surface area (Å²) in [6.45, 7) is 3.00. The van der Waals surface area contributed by atoms with Crippen molar-refractivity contribution in [1.82, 2.24) is 5.32 Å². The molecular weight excluding hydrogens is 229 g/mol. The Balaban J connectivity index is 0.000000168. The zero-order valence-corrected chi connectivity index (χ0v) is 8.25. The van der Waals surface area contributed by atoms with E-state index in [1.54, 1.807) is 0 Å². The number of hydrogen-bond acceptors (Lipinski definition) is 4. The number of nitrogens with zero attached hydrogens (tertiary/aromatic N) is 1. The lowest BCUT2D eigenvalue weighted by Gasteiger charge is -2.25. The van der Waals surface area contributed by atoms with Crippen molar-refractivity contribution in [2.75, 3.05) is 19.7 Å². The number of nitrogens with one attached hydrogen (secondary N) is 1. The highest BCUT2D eigenvalue weighted by Crippen LogP contribution is 2.13. The molecule has 0 spiro atoms. The molecule has 2 rings (SSSR count). The summed E-state index contributed by atoms with van der Waals surface area (Å²) in [6.07, 6.45) is -4.04. The number of hydrogen-bond donors (Lipinski definition) is 2. The average Bonchev–Trinajstić information content (AvgIpc) is 2.53. The average molecular weight is 240 g/mol. The minimum absolute atomic E-state index is 0.687. The first-order valence-electron chi connectivity index (χ1n) is 4.61. The number of halogens is 3. The number of aliphatic carboxylic acids is 1. The summed E-state index contributed by atoms with van der Waals surface area (Å²) in [7, 11) is 0. The molecule has 0 saturated carbocycles. The largest absolute Gasteiger partial charge is 0.490 e. The van der Waals surface area contributed by atoms with Crippen LogP contribution in [0.3, 0.4) is 0 Å². The van der Waals surface area contributed by atoms with E-state index in [0.29, 0.717) is 5.92 Å². The van der Waals surface area contributed by atoms with E-state index in [0.717, 1.165) is 26.1 Å². The minimum Gasteiger partial charge on any atom is -0.475 e. The fourth-order valence-corrected chi connectivity index (χ4v) is 1.13. The van der Waals surface area contributed by atoms with Crippen LogP contribution in [0.5, 0.6) is 0 Å². The molecule has 0 aromatic heterocycles. The first-order chi connectivity index (χ1) is 7.41. The second-order valence-electron chi connectivity index (χ2n) is 3.32. The van der Waals surface area contributed by atoms with E-state index in [1.165, 1.54) is 5.71 Å². The number of alkyl halides is 3. The maximum atomic E-state index is 10.6. The first-order valence-corrected chi connectivity index (χ1v) is 4.61. The lowest BCUT2D eigenvalue weighted by Crippen LogP contribution is -2.46. The third-order valence-electron chi connectivity index (χ3n) is 2.13. The van der Waals surface area contributed by atoms with Gasteiger partial charge >= 0.3 is 12.1 Å². The summed E-state index contributed by atoms with van der Waals surface area (Å²) in [5, 5.41) is 14.3. The van der Waals surface area contributed by atoms with Crippen LogP contribution in [0.25, 0.3) is 0 Å². The Bertz CT molecular complexity index is 287. The van der Waals surface area contributed by atoms with E-state index in [1.807, 2.05) is 0 Å². The van der Waals surface area contributed by atoms with Gasteiger partial charge in [-0.15, -0.1) is 0 Å². The summed E-state index contributed by atoms with van der Waals surface area (Å²) in [4.78, 5) is 13.8. The zero-order chi connectivity index (χ0) is 12.2. The predicted molar refractivity (Wildman–Crippen MR) is 48.1 cm³/mol. The van der Waals surface area contributed by atoms with Gasteiger partial charge in [0, 0.05) is 25.4 Å². The Morgan fingerprint density at radius 3 is 2.31 bits per heavy atom. The highest BCUT2D eigenvalue weighted by Gasteiger charge is 2.38. The molecule has 0 amide bonds. The SMILES string of the molecule is C1CC(C2CNC2)=NO1.O=C(O)C(F)(F)F. The number of carboxylic acids is 1. The van der Waals surface area contributed by atoms with Crippen molar-refractivity contribution in [2.45, 2.75) is 12.6 Å². The predicted octanol–water partition coefficient (Wildman–Crippen LogP) is 0.615. The van der Waals surface area contributed by atoms with Crippen molar-refractivity contribution in [3.05, 3.63) is 0 Å². The van der Waals surface area contributed by atoms with Gasteiger partial charge in [-0.05, 0) is 0 Å². The molecule has 2 heterocycles. The van der Waals surface area contributed by atoms with E-state index in [9.17, 15) is 13.2 Å². The molecule has 2 N–H and O–H groups in total. The van der Waals surface area contributed by atoms with Crippen LogP contribution in [0, 0.1) is 5.92 Å². The van der Waals surface area contributed by atoms with Gasteiger partial charge in [0.25, 0.3) is 0 Å². The van der Waals surface area contributed by atoms with Crippen LogP contribution in [-0.2, 0) is 9.63 Å². The molecule has 2 aliphatic heterocycles. The van der Waals surface area contributed by atoms with Crippen molar-refractivity contribution in [3.8, 4) is 0 Å². The van der Waals surface area contributed by atoms with Crippen molar-refractivity contribution >= 4 is 11.7 Å². The Labute approximate surface area is 89.3 Å². The van der Waals surface area contributed by atoms with Gasteiger partial charge in [-0.2, -0.15) is 13.2 Å². The lowest BCUT2D eigenvalue weighted by molar-refractivity contribution is -0.192. The van der Waals surface area contributed by atoms with Crippen LogP contribution in [0.15, 0.2) is 5.16 Å². The summed E-state index contributed by atoms with van der Waals surface area (Å²) >= 11 is 0. The maximum absolute atomic E-state index is 10.6. The molecule has 92 valence electrons. The second-order valence-corrected chi connectivity index (χ2v) is 3.32. The standard InChI is InChI=1S/C6H10N2O.C2HF3O2/c1-2-9-8-6(1)5-3-7-4-5;3-2(4,5)1(6)7/h5,7H,1-4H2;(H,6,7). The van der Waals surface area contributed by atoms with Gasteiger partial charge in [-0.3, -0.25) is 0 Å². The van der Waals surface area contributed by atoms with Crippen molar-refractivity contribution < 1.29 is 27.9 Å². The van der Waals surface area contributed by atoms with E-state index >= 15 is 0 Å². The van der Waals surface area contributed by atoms with Crippen LogP contribution in [0.4, 0.5) is 13.2 Å². The van der Waals surface area contributed by atoms with Crippen LogP contribution in [0.1, 0.15) is 6.42 Å². The molecule has 16 heavy (non-hydrogen) atoms. The Kier molecular flexibility index (Phi) is 4.11. The van der Waals surface area contributed by atoms with Gasteiger partial charge < -0.3 is 15.3 Å². The van der Waals surface area contributed by atoms with E-state index in [4.69, 9.17) is 14.7 Å². The molecule has 1 saturated heterocycles. The first kappa shape index (κ1) is 12.8. The molecule has 8 heteroatoms. The molecule has 0 bridgehead atoms. The molecule has 0 radical (unpaired) electrons. The fourth-order valence-electron chi connectivity index (χ4n) is 1.13. The molecular formula is C8H11F3N2O3. The molecule has 0 aromatic carbocycles. The smallest absolute Gasteiger partial charge is 0.475 e. The van der Waals surface area contributed by atoms with Crippen molar-refractivity contribution in [3.63, 3.8) is 0 Å². The van der Waals surface area contributed by atoms with Gasteiger partial charge in [-0.25, -0.2) is 4.79 Å². The van der Waals surface area contributed by atoms with Crippen LogP contribution in [-0.4, -0.2) is 42.7 Å². The fraction of sp³-hybridized carbons (Fsp3) is 0.750. The van der Waals surface area contributed by atoms with Crippen molar-refractivity contribution in [1.29, 1.82) is 0 Å². The molecule has 2 aliphatic rings. The van der Waals surface area contributed by atoms with Gasteiger partial charge in [-0.1, -0.05) is 5.16 Å². The molecule has 0 aliphatic carbocycles. The van der Waals surface area contributed by atoms with Crippen LogP contribution >= 0.6 is 0 Å².